The zero-order chi connectivity index (χ0) is 35.4. The van der Waals surface area contributed by atoms with Gasteiger partial charge >= 0.3 is 6.18 Å². The quantitative estimate of drug-likeness (QED) is 0.0742. The third-order valence-electron chi connectivity index (χ3n) is 9.85. The van der Waals surface area contributed by atoms with Crippen LogP contribution in [-0.2, 0) is 44.3 Å². The van der Waals surface area contributed by atoms with Crippen LogP contribution in [0.3, 0.4) is 0 Å². The summed E-state index contributed by atoms with van der Waals surface area (Å²) in [7, 11) is 0. The topological polar surface area (TPSA) is 68.8 Å². The molecule has 266 valence electrons. The van der Waals surface area contributed by atoms with E-state index in [2.05, 4.69) is 19.0 Å². The summed E-state index contributed by atoms with van der Waals surface area (Å²) in [5.41, 5.74) is 4.37. The first-order chi connectivity index (χ1) is 24.7. The number of benzene rings is 3. The van der Waals surface area contributed by atoms with Gasteiger partial charge < -0.3 is 14.0 Å². The molecule has 12 heteroatoms. The molecule has 1 saturated heterocycles. The zero-order valence-corrected chi connectivity index (χ0v) is 29.2. The molecule has 0 atom stereocenters. The van der Waals surface area contributed by atoms with Crippen LogP contribution >= 0.6 is 11.8 Å². The van der Waals surface area contributed by atoms with Gasteiger partial charge in [-0.25, -0.2) is 4.39 Å². The Morgan fingerprint density at radius 1 is 0.725 bits per heavy atom. The van der Waals surface area contributed by atoms with Crippen LogP contribution in [0.5, 0.6) is 0 Å². The number of piperidine rings is 1. The molecule has 0 amide bonds. The van der Waals surface area contributed by atoms with Crippen LogP contribution < -0.4 is 5.56 Å². The Morgan fingerprint density at radius 2 is 1.39 bits per heavy atom. The Balaban J connectivity index is 1.16. The van der Waals surface area contributed by atoms with Crippen molar-refractivity contribution in [3.63, 3.8) is 0 Å². The number of halogens is 4. The first kappa shape index (κ1) is 35.1. The summed E-state index contributed by atoms with van der Waals surface area (Å²) >= 11 is 1.46. The molecule has 3 aromatic carbocycles. The number of aryl methyl sites for hydroxylation is 1. The van der Waals surface area contributed by atoms with Crippen LogP contribution in [0, 0.1) is 5.82 Å². The molecule has 7 rings (SSSR count). The standard InChI is InChI=1S/C39H40F4N6OS/c40-32-19-11-28(12-20-32)26-51-38-44-37(50)33-6-4-7-34(33)48(38)25-36-46-45-35(8-5-23-47-21-2-1-3-22-47)49(36)24-27-9-13-29(14-10-27)30-15-17-31(18-16-30)39(41,42)43/h9-20H,1-8,21-26H2. The third kappa shape index (κ3) is 8.44. The Morgan fingerprint density at radius 3 is 2.10 bits per heavy atom. The van der Waals surface area contributed by atoms with Gasteiger partial charge in [0.05, 0.1) is 18.7 Å². The predicted molar refractivity (Wildman–Crippen MR) is 190 cm³/mol. The van der Waals surface area contributed by atoms with Crippen molar-refractivity contribution >= 4 is 11.8 Å². The molecule has 0 spiro atoms. The molecule has 0 N–H and O–H groups in total. The largest absolute Gasteiger partial charge is 0.416 e. The maximum atomic E-state index is 13.6. The van der Waals surface area contributed by atoms with Crippen LogP contribution in [0.2, 0.25) is 0 Å². The molecule has 51 heavy (non-hydrogen) atoms. The number of hydrogen-bond acceptors (Lipinski definition) is 6. The average molecular weight is 717 g/mol. The maximum absolute atomic E-state index is 13.6. The summed E-state index contributed by atoms with van der Waals surface area (Å²) in [4.78, 5) is 20.1. The van der Waals surface area contributed by atoms with Gasteiger partial charge in [-0.3, -0.25) is 4.79 Å². The van der Waals surface area contributed by atoms with Gasteiger partial charge in [0.15, 0.2) is 11.0 Å². The van der Waals surface area contributed by atoms with Crippen molar-refractivity contribution in [2.75, 3.05) is 19.6 Å². The molecule has 0 saturated carbocycles. The minimum Gasteiger partial charge on any atom is -0.316 e. The van der Waals surface area contributed by atoms with E-state index in [4.69, 9.17) is 10.2 Å². The highest BCUT2D eigenvalue weighted by Crippen LogP contribution is 2.32. The minimum absolute atomic E-state index is 0.187. The molecular formula is C39H40F4N6OS. The average Bonchev–Trinajstić information content (AvgIpc) is 3.78. The summed E-state index contributed by atoms with van der Waals surface area (Å²) < 4.78 is 57.2. The summed E-state index contributed by atoms with van der Waals surface area (Å²) in [5.74, 6) is 1.89. The minimum atomic E-state index is -4.38. The highest BCUT2D eigenvalue weighted by atomic mass is 32.2. The second-order valence-electron chi connectivity index (χ2n) is 13.4. The summed E-state index contributed by atoms with van der Waals surface area (Å²) in [5, 5.41) is 10.0. The number of rotatable bonds is 12. The van der Waals surface area contributed by atoms with Gasteiger partial charge in [0.1, 0.15) is 11.6 Å². The lowest BCUT2D eigenvalue weighted by molar-refractivity contribution is -0.137. The first-order valence-electron chi connectivity index (χ1n) is 17.6. The van der Waals surface area contributed by atoms with Gasteiger partial charge in [0.2, 0.25) is 0 Å². The third-order valence-corrected chi connectivity index (χ3v) is 10.9. The smallest absolute Gasteiger partial charge is 0.316 e. The van der Waals surface area contributed by atoms with Crippen molar-refractivity contribution in [2.24, 2.45) is 0 Å². The van der Waals surface area contributed by atoms with E-state index in [0.29, 0.717) is 36.0 Å². The zero-order valence-electron chi connectivity index (χ0n) is 28.3. The van der Waals surface area contributed by atoms with Crippen LogP contribution in [0.1, 0.15) is 71.7 Å². The normalized spacial score (nSPS) is 15.0. The second kappa shape index (κ2) is 15.5. The van der Waals surface area contributed by atoms with Crippen LogP contribution in [-0.4, -0.2) is 48.8 Å². The molecule has 5 aromatic rings. The molecule has 2 aromatic heterocycles. The Kier molecular flexibility index (Phi) is 10.7. The van der Waals surface area contributed by atoms with E-state index in [0.717, 1.165) is 97.0 Å². The number of nitrogens with zero attached hydrogens (tertiary/aromatic N) is 6. The molecule has 1 aliphatic carbocycles. The van der Waals surface area contributed by atoms with E-state index >= 15 is 0 Å². The van der Waals surface area contributed by atoms with Crippen molar-refractivity contribution in [1.82, 2.24) is 29.2 Å². The first-order valence-corrected chi connectivity index (χ1v) is 18.6. The van der Waals surface area contributed by atoms with Crippen molar-refractivity contribution < 1.29 is 17.6 Å². The number of alkyl halides is 3. The highest BCUT2D eigenvalue weighted by molar-refractivity contribution is 7.98. The van der Waals surface area contributed by atoms with Crippen LogP contribution in [0.15, 0.2) is 82.7 Å². The summed E-state index contributed by atoms with van der Waals surface area (Å²) in [6, 6.07) is 19.4. The van der Waals surface area contributed by atoms with Crippen LogP contribution in [0.4, 0.5) is 17.6 Å². The van der Waals surface area contributed by atoms with E-state index in [9.17, 15) is 22.4 Å². The van der Waals surface area contributed by atoms with Crippen molar-refractivity contribution in [1.29, 1.82) is 0 Å². The van der Waals surface area contributed by atoms with Gasteiger partial charge in [-0.15, -0.1) is 10.2 Å². The summed E-state index contributed by atoms with van der Waals surface area (Å²) in [6.07, 6.45) is 3.47. The van der Waals surface area contributed by atoms with Gasteiger partial charge in [0.25, 0.3) is 5.56 Å². The number of fused-ring (bicyclic) bond motifs is 1. The number of aromatic nitrogens is 5. The van der Waals surface area contributed by atoms with E-state index < -0.39 is 11.7 Å². The predicted octanol–water partition coefficient (Wildman–Crippen LogP) is 7.96. The molecule has 3 heterocycles. The molecular weight excluding hydrogens is 677 g/mol. The Hall–Kier alpha value is -4.29. The molecule has 1 aliphatic heterocycles. The molecule has 1 fully saturated rings. The van der Waals surface area contributed by atoms with E-state index in [-0.39, 0.29) is 11.4 Å². The maximum Gasteiger partial charge on any atom is 0.416 e. The molecule has 0 unspecified atom stereocenters. The van der Waals surface area contributed by atoms with Gasteiger partial charge in [0, 0.05) is 23.4 Å². The Labute approximate surface area is 298 Å². The van der Waals surface area contributed by atoms with Crippen LogP contribution in [0.25, 0.3) is 11.1 Å². The monoisotopic (exact) mass is 716 g/mol. The van der Waals surface area contributed by atoms with Crippen molar-refractivity contribution in [2.45, 2.75) is 81.5 Å². The van der Waals surface area contributed by atoms with Gasteiger partial charge in [-0.2, -0.15) is 18.2 Å². The molecule has 0 bridgehead atoms. The summed E-state index contributed by atoms with van der Waals surface area (Å²) in [6.45, 7) is 4.18. The number of thioether (sulfide) groups is 1. The lowest BCUT2D eigenvalue weighted by Gasteiger charge is -2.26. The van der Waals surface area contributed by atoms with Gasteiger partial charge in [-0.1, -0.05) is 66.7 Å². The van der Waals surface area contributed by atoms with E-state index in [1.165, 1.54) is 55.3 Å². The number of hydrogen-bond donors (Lipinski definition) is 0. The molecule has 2 aliphatic rings. The number of likely N-dealkylation sites (tertiary alicyclic amines) is 1. The SMILES string of the molecule is O=c1nc(SCc2ccc(F)cc2)n(Cc2nnc(CCCN3CCCCC3)n2Cc2ccc(-c3ccc(C(F)(F)F)cc3)cc2)c2c1CCC2. The lowest BCUT2D eigenvalue weighted by atomic mass is 10.0. The van der Waals surface area contributed by atoms with E-state index in [1.807, 2.05) is 24.3 Å². The van der Waals surface area contributed by atoms with Gasteiger partial charge in [-0.05, 0) is 105 Å². The highest BCUT2D eigenvalue weighted by Gasteiger charge is 2.30. The van der Waals surface area contributed by atoms with Crippen molar-refractivity contribution in [3.8, 4) is 11.1 Å². The molecule has 7 nitrogen and oxygen atoms in total. The second-order valence-corrected chi connectivity index (χ2v) is 14.3. The fourth-order valence-electron chi connectivity index (χ4n) is 7.07. The van der Waals surface area contributed by atoms with E-state index in [1.54, 1.807) is 12.1 Å². The molecule has 0 radical (unpaired) electrons. The lowest BCUT2D eigenvalue weighted by Crippen LogP contribution is -2.30. The van der Waals surface area contributed by atoms with Crippen molar-refractivity contribution in [3.05, 3.63) is 129 Å². The fourth-order valence-corrected chi connectivity index (χ4v) is 8.03. The Bertz CT molecular complexity index is 2000. The fraction of sp³-hybridized carbons (Fsp3) is 0.385.